The van der Waals surface area contributed by atoms with E-state index < -0.39 is 12.2 Å². The van der Waals surface area contributed by atoms with Gasteiger partial charge in [0.15, 0.2) is 0 Å². The average molecular weight is 349 g/mol. The van der Waals surface area contributed by atoms with Crippen molar-refractivity contribution in [2.75, 3.05) is 18.0 Å². The number of aliphatic hydroxyl groups excluding tert-OH is 2. The van der Waals surface area contributed by atoms with Crippen LogP contribution in [0.5, 0.6) is 0 Å². The molecule has 0 bridgehead atoms. The first-order chi connectivity index (χ1) is 11.6. The van der Waals surface area contributed by atoms with E-state index in [4.69, 9.17) is 0 Å². The van der Waals surface area contributed by atoms with Gasteiger partial charge in [0.1, 0.15) is 5.51 Å². The number of aromatic nitrogens is 2. The number of hydrogen-bond donors (Lipinski definition) is 2. The van der Waals surface area contributed by atoms with E-state index in [1.807, 2.05) is 43.0 Å². The fourth-order valence-electron chi connectivity index (χ4n) is 2.09. The van der Waals surface area contributed by atoms with Crippen molar-refractivity contribution in [1.29, 1.82) is 0 Å². The smallest absolute Gasteiger partial charge is 0.251 e. The zero-order chi connectivity index (χ0) is 17.4. The second-order valence-corrected chi connectivity index (χ2v) is 6.28. The lowest BCUT2D eigenvalue weighted by Crippen LogP contribution is -2.37. The fourth-order valence-corrected chi connectivity index (χ4v) is 2.46. The molecule has 8 heteroatoms. The molecule has 130 valence electrons. The van der Waals surface area contributed by atoms with Crippen molar-refractivity contribution in [1.82, 2.24) is 10.2 Å². The minimum Gasteiger partial charge on any atom is -0.391 e. The third kappa shape index (κ3) is 5.63. The summed E-state index contributed by atoms with van der Waals surface area (Å²) in [5.74, 6) is 0. The van der Waals surface area contributed by atoms with Crippen LogP contribution in [0.3, 0.4) is 0 Å². The Hall–Kier alpha value is -1.90. The van der Waals surface area contributed by atoms with Crippen LogP contribution in [0.2, 0.25) is 0 Å². The number of rotatable bonds is 9. The van der Waals surface area contributed by atoms with Gasteiger partial charge >= 0.3 is 0 Å². The predicted octanol–water partition coefficient (Wildman–Crippen LogP) is 3.30. The summed E-state index contributed by atoms with van der Waals surface area (Å²) in [4.78, 5) is 1.99. The highest BCUT2D eigenvalue weighted by molar-refractivity contribution is 7.13. The van der Waals surface area contributed by atoms with Crippen molar-refractivity contribution < 1.29 is 10.2 Å². The Morgan fingerprint density at radius 1 is 1.04 bits per heavy atom. The van der Waals surface area contributed by atoms with Gasteiger partial charge in [0.05, 0.1) is 17.9 Å². The molecule has 0 saturated carbocycles. The molecule has 1 aromatic carbocycles. The quantitative estimate of drug-likeness (QED) is 0.677. The number of nitrogens with zero attached hydrogens (tertiary/aromatic N) is 5. The number of aliphatic hydroxyl groups is 2. The predicted molar refractivity (Wildman–Crippen MR) is 95.3 cm³/mol. The Morgan fingerprint density at radius 2 is 1.67 bits per heavy atom. The number of hydrogen-bond acceptors (Lipinski definition) is 8. The van der Waals surface area contributed by atoms with Crippen LogP contribution in [0.1, 0.15) is 26.7 Å². The Kier molecular flexibility index (Phi) is 7.23. The van der Waals surface area contributed by atoms with E-state index in [0.717, 1.165) is 5.69 Å². The molecule has 1 heterocycles. The molecule has 2 unspecified atom stereocenters. The van der Waals surface area contributed by atoms with E-state index in [1.54, 1.807) is 5.51 Å². The Morgan fingerprint density at radius 3 is 2.17 bits per heavy atom. The van der Waals surface area contributed by atoms with Crippen molar-refractivity contribution in [2.24, 2.45) is 10.2 Å². The molecule has 0 radical (unpaired) electrons. The van der Waals surface area contributed by atoms with Crippen LogP contribution in [-0.2, 0) is 0 Å². The standard InChI is InChI=1S/C16H23N5O2S/c1-3-14(22)9-21(10-15(23)4-2)13-7-5-12(6-8-13)18-20-16-19-17-11-24-16/h5-8,11,14-15,22-23H,3-4,9-10H2,1-2H3. The average Bonchev–Trinajstić information content (AvgIpc) is 3.13. The molecule has 0 aliphatic heterocycles. The molecule has 0 fully saturated rings. The maximum Gasteiger partial charge on any atom is 0.251 e. The van der Waals surface area contributed by atoms with Crippen molar-refractivity contribution >= 4 is 27.8 Å². The van der Waals surface area contributed by atoms with Crippen LogP contribution in [0, 0.1) is 0 Å². The topological polar surface area (TPSA) is 94.2 Å². The van der Waals surface area contributed by atoms with Crippen LogP contribution < -0.4 is 4.90 Å². The second kappa shape index (κ2) is 9.41. The molecule has 24 heavy (non-hydrogen) atoms. The third-order valence-electron chi connectivity index (χ3n) is 3.62. The Labute approximate surface area is 145 Å². The maximum absolute atomic E-state index is 9.95. The Bertz CT molecular complexity index is 606. The van der Waals surface area contributed by atoms with Gasteiger partial charge in [-0.1, -0.05) is 25.2 Å². The maximum atomic E-state index is 9.95. The van der Waals surface area contributed by atoms with Crippen LogP contribution in [0.15, 0.2) is 40.0 Å². The van der Waals surface area contributed by atoms with Crippen molar-refractivity contribution in [3.63, 3.8) is 0 Å². The Balaban J connectivity index is 2.08. The molecule has 7 nitrogen and oxygen atoms in total. The van der Waals surface area contributed by atoms with E-state index in [2.05, 4.69) is 20.4 Å². The van der Waals surface area contributed by atoms with Crippen molar-refractivity contribution in [2.45, 2.75) is 38.9 Å². The van der Waals surface area contributed by atoms with Gasteiger partial charge in [-0.2, -0.15) is 0 Å². The lowest BCUT2D eigenvalue weighted by Gasteiger charge is -2.29. The molecular weight excluding hydrogens is 326 g/mol. The van der Waals surface area contributed by atoms with Gasteiger partial charge in [-0.3, -0.25) is 0 Å². The number of benzene rings is 1. The number of azo groups is 1. The minimum atomic E-state index is -0.425. The van der Waals surface area contributed by atoms with E-state index in [0.29, 0.717) is 36.8 Å². The molecule has 0 saturated heterocycles. The van der Waals surface area contributed by atoms with Gasteiger partial charge in [0.25, 0.3) is 5.13 Å². The van der Waals surface area contributed by atoms with Gasteiger partial charge in [0.2, 0.25) is 0 Å². The lowest BCUT2D eigenvalue weighted by atomic mass is 10.2. The summed E-state index contributed by atoms with van der Waals surface area (Å²) in [6, 6.07) is 7.53. The molecule has 2 N–H and O–H groups in total. The summed E-state index contributed by atoms with van der Waals surface area (Å²) < 4.78 is 0. The highest BCUT2D eigenvalue weighted by Crippen LogP contribution is 2.23. The summed E-state index contributed by atoms with van der Waals surface area (Å²) >= 11 is 1.32. The van der Waals surface area contributed by atoms with Crippen LogP contribution in [0.25, 0.3) is 0 Å². The summed E-state index contributed by atoms with van der Waals surface area (Å²) in [5.41, 5.74) is 3.25. The monoisotopic (exact) mass is 349 g/mol. The normalized spacial score (nSPS) is 14.0. The van der Waals surface area contributed by atoms with E-state index in [1.165, 1.54) is 11.3 Å². The molecule has 2 aromatic rings. The van der Waals surface area contributed by atoms with Crippen LogP contribution in [0.4, 0.5) is 16.5 Å². The van der Waals surface area contributed by atoms with E-state index in [9.17, 15) is 10.2 Å². The number of anilines is 1. The highest BCUT2D eigenvalue weighted by Gasteiger charge is 2.14. The molecule has 1 aromatic heterocycles. The summed E-state index contributed by atoms with van der Waals surface area (Å²) in [6.07, 6.45) is 0.497. The lowest BCUT2D eigenvalue weighted by molar-refractivity contribution is 0.154. The van der Waals surface area contributed by atoms with Crippen LogP contribution in [-0.4, -0.2) is 45.7 Å². The molecule has 2 rings (SSSR count). The molecule has 0 aliphatic rings. The van der Waals surface area contributed by atoms with Crippen molar-refractivity contribution in [3.05, 3.63) is 29.8 Å². The highest BCUT2D eigenvalue weighted by atomic mass is 32.1. The first kappa shape index (κ1) is 18.4. The fraction of sp³-hybridized carbons (Fsp3) is 0.500. The molecule has 0 aliphatic carbocycles. The first-order valence-electron chi connectivity index (χ1n) is 8.01. The molecule has 0 spiro atoms. The third-order valence-corrected chi connectivity index (χ3v) is 4.19. The van der Waals surface area contributed by atoms with Gasteiger partial charge in [-0.05, 0) is 37.1 Å². The van der Waals surface area contributed by atoms with Gasteiger partial charge < -0.3 is 15.1 Å². The minimum absolute atomic E-state index is 0.425. The molecular formula is C16H23N5O2S. The van der Waals surface area contributed by atoms with E-state index >= 15 is 0 Å². The van der Waals surface area contributed by atoms with Crippen molar-refractivity contribution in [3.8, 4) is 0 Å². The van der Waals surface area contributed by atoms with Gasteiger partial charge in [0, 0.05) is 18.8 Å². The largest absolute Gasteiger partial charge is 0.391 e. The molecule has 2 atom stereocenters. The van der Waals surface area contributed by atoms with Gasteiger partial charge in [-0.15, -0.1) is 20.4 Å². The second-order valence-electron chi connectivity index (χ2n) is 5.47. The summed E-state index contributed by atoms with van der Waals surface area (Å²) in [5, 5.41) is 36.1. The summed E-state index contributed by atoms with van der Waals surface area (Å²) in [7, 11) is 0. The molecule has 0 amide bonds. The van der Waals surface area contributed by atoms with Gasteiger partial charge in [-0.25, -0.2) is 0 Å². The zero-order valence-corrected chi connectivity index (χ0v) is 14.7. The first-order valence-corrected chi connectivity index (χ1v) is 8.89. The SMILES string of the molecule is CCC(O)CN(CC(O)CC)c1ccc(N=Nc2nncs2)cc1. The van der Waals surface area contributed by atoms with Crippen LogP contribution >= 0.6 is 11.3 Å². The van der Waals surface area contributed by atoms with E-state index in [-0.39, 0.29) is 0 Å². The zero-order valence-electron chi connectivity index (χ0n) is 13.9. The summed E-state index contributed by atoms with van der Waals surface area (Å²) in [6.45, 7) is 4.85.